The van der Waals surface area contributed by atoms with Gasteiger partial charge in [-0.3, -0.25) is 0 Å². The third kappa shape index (κ3) is 3.24. The van der Waals surface area contributed by atoms with E-state index < -0.39 is 11.7 Å². The van der Waals surface area contributed by atoms with Gasteiger partial charge in [-0.25, -0.2) is 4.98 Å². The largest absolute Gasteiger partial charge is 0.416 e. The number of aromatic nitrogens is 1. The van der Waals surface area contributed by atoms with Crippen LogP contribution in [0.5, 0.6) is 0 Å². The maximum absolute atomic E-state index is 12.4. The minimum atomic E-state index is -4.30. The number of halogens is 3. The first-order valence-corrected chi connectivity index (χ1v) is 5.73. The predicted molar refractivity (Wildman–Crippen MR) is 67.6 cm³/mol. The summed E-state index contributed by atoms with van der Waals surface area (Å²) in [7, 11) is 0. The topological polar surface area (TPSA) is 38.9 Å². The lowest BCUT2D eigenvalue weighted by Gasteiger charge is -2.09. The zero-order chi connectivity index (χ0) is 14.0. The van der Waals surface area contributed by atoms with Crippen molar-refractivity contribution in [3.05, 3.63) is 58.8 Å². The zero-order valence-corrected chi connectivity index (χ0v) is 10.3. The van der Waals surface area contributed by atoms with E-state index >= 15 is 0 Å². The number of benzene rings is 1. The van der Waals surface area contributed by atoms with E-state index in [2.05, 4.69) is 4.98 Å². The van der Waals surface area contributed by atoms with Crippen LogP contribution in [0.4, 0.5) is 19.0 Å². The Hall–Kier alpha value is -2.04. The van der Waals surface area contributed by atoms with Crippen LogP contribution in [0.25, 0.3) is 0 Å². The molecule has 1 aromatic carbocycles. The van der Waals surface area contributed by atoms with Crippen molar-refractivity contribution >= 4 is 5.82 Å². The summed E-state index contributed by atoms with van der Waals surface area (Å²) in [6.45, 7) is 1.89. The first-order chi connectivity index (χ1) is 8.86. The Labute approximate surface area is 109 Å². The predicted octanol–water partition coefficient (Wildman–Crippen LogP) is 3.58. The average Bonchev–Trinajstić information content (AvgIpc) is 2.33. The molecule has 1 heterocycles. The summed E-state index contributed by atoms with van der Waals surface area (Å²) >= 11 is 0. The summed E-state index contributed by atoms with van der Waals surface area (Å²) in [6, 6.07) is 6.97. The average molecular weight is 266 g/mol. The molecular weight excluding hydrogens is 253 g/mol. The van der Waals surface area contributed by atoms with Gasteiger partial charge < -0.3 is 5.73 Å². The van der Waals surface area contributed by atoms with Gasteiger partial charge in [0.25, 0.3) is 0 Å². The third-order valence-electron chi connectivity index (χ3n) is 2.81. The monoisotopic (exact) mass is 266 g/mol. The number of hydrogen-bond acceptors (Lipinski definition) is 2. The number of nitrogen functional groups attached to an aromatic ring is 1. The fourth-order valence-electron chi connectivity index (χ4n) is 1.81. The second-order valence-corrected chi connectivity index (χ2v) is 4.43. The number of nitrogens with two attached hydrogens (primary N) is 1. The van der Waals surface area contributed by atoms with Crippen LogP contribution in [0.15, 0.2) is 36.5 Å². The molecule has 100 valence electrons. The number of alkyl halides is 3. The second-order valence-electron chi connectivity index (χ2n) is 4.43. The van der Waals surface area contributed by atoms with Crippen LogP contribution in [0.3, 0.4) is 0 Å². The summed E-state index contributed by atoms with van der Waals surface area (Å²) in [5, 5.41) is 0. The van der Waals surface area contributed by atoms with Gasteiger partial charge in [-0.05, 0) is 35.7 Å². The molecule has 0 spiro atoms. The van der Waals surface area contributed by atoms with Crippen molar-refractivity contribution in [2.75, 3.05) is 5.73 Å². The summed E-state index contributed by atoms with van der Waals surface area (Å²) in [5.41, 5.74) is 7.66. The number of aryl methyl sites for hydroxylation is 1. The summed E-state index contributed by atoms with van der Waals surface area (Å²) in [5.74, 6) is 0.408. The van der Waals surface area contributed by atoms with Crippen LogP contribution in [0.1, 0.15) is 22.3 Å². The molecule has 2 nitrogen and oxygen atoms in total. The Morgan fingerprint density at radius 2 is 1.79 bits per heavy atom. The zero-order valence-electron chi connectivity index (χ0n) is 10.3. The number of pyridine rings is 1. The smallest absolute Gasteiger partial charge is 0.383 e. The molecule has 0 radical (unpaired) electrons. The lowest BCUT2D eigenvalue weighted by atomic mass is 10.0. The van der Waals surface area contributed by atoms with Crippen LogP contribution in [0.2, 0.25) is 0 Å². The molecule has 19 heavy (non-hydrogen) atoms. The van der Waals surface area contributed by atoms with Gasteiger partial charge in [0.2, 0.25) is 0 Å². The van der Waals surface area contributed by atoms with Gasteiger partial charge in [0.15, 0.2) is 0 Å². The van der Waals surface area contributed by atoms with E-state index in [1.807, 2.05) is 13.0 Å². The lowest BCUT2D eigenvalue weighted by Crippen LogP contribution is -2.05. The number of rotatable bonds is 2. The Morgan fingerprint density at radius 3 is 2.37 bits per heavy atom. The van der Waals surface area contributed by atoms with E-state index in [4.69, 9.17) is 5.73 Å². The molecule has 0 atom stereocenters. The van der Waals surface area contributed by atoms with E-state index in [1.54, 1.807) is 6.20 Å². The first-order valence-electron chi connectivity index (χ1n) is 5.73. The molecule has 0 fully saturated rings. The van der Waals surface area contributed by atoms with E-state index in [-0.39, 0.29) is 0 Å². The summed E-state index contributed by atoms with van der Waals surface area (Å²) in [6.07, 6.45) is -2.17. The van der Waals surface area contributed by atoms with Gasteiger partial charge in [-0.1, -0.05) is 18.2 Å². The SMILES string of the molecule is Cc1cnc(N)c(Cc2ccc(C(F)(F)F)cc2)c1. The molecular formula is C14H13F3N2. The first kappa shape index (κ1) is 13.4. The van der Waals surface area contributed by atoms with Crippen molar-refractivity contribution in [1.29, 1.82) is 0 Å². The number of nitrogens with zero attached hydrogens (tertiary/aromatic N) is 1. The van der Waals surface area contributed by atoms with Crippen molar-refractivity contribution in [3.63, 3.8) is 0 Å². The number of anilines is 1. The minimum absolute atomic E-state index is 0.408. The van der Waals surface area contributed by atoms with Gasteiger partial charge >= 0.3 is 6.18 Å². The van der Waals surface area contributed by atoms with Gasteiger partial charge in [-0.2, -0.15) is 13.2 Å². The number of hydrogen-bond donors (Lipinski definition) is 1. The maximum Gasteiger partial charge on any atom is 0.416 e. The molecule has 0 aliphatic carbocycles. The van der Waals surface area contributed by atoms with Crippen LogP contribution in [0, 0.1) is 6.92 Å². The van der Waals surface area contributed by atoms with E-state index in [0.717, 1.165) is 28.8 Å². The molecule has 1 aromatic heterocycles. The molecule has 0 bridgehead atoms. The molecule has 5 heteroatoms. The van der Waals surface area contributed by atoms with Crippen LogP contribution in [-0.4, -0.2) is 4.98 Å². The highest BCUT2D eigenvalue weighted by molar-refractivity contribution is 5.44. The molecule has 0 aliphatic heterocycles. The van der Waals surface area contributed by atoms with Crippen molar-refractivity contribution in [2.24, 2.45) is 0 Å². The fourth-order valence-corrected chi connectivity index (χ4v) is 1.81. The van der Waals surface area contributed by atoms with Gasteiger partial charge in [-0.15, -0.1) is 0 Å². The molecule has 2 N–H and O–H groups in total. The van der Waals surface area contributed by atoms with Crippen molar-refractivity contribution in [3.8, 4) is 0 Å². The van der Waals surface area contributed by atoms with E-state index in [1.165, 1.54) is 12.1 Å². The molecule has 0 aliphatic rings. The van der Waals surface area contributed by atoms with Gasteiger partial charge in [0, 0.05) is 12.6 Å². The molecule has 0 unspecified atom stereocenters. The van der Waals surface area contributed by atoms with Crippen molar-refractivity contribution in [1.82, 2.24) is 4.98 Å². The molecule has 2 aromatic rings. The summed E-state index contributed by atoms with van der Waals surface area (Å²) < 4.78 is 37.3. The highest BCUT2D eigenvalue weighted by Crippen LogP contribution is 2.29. The van der Waals surface area contributed by atoms with Crippen LogP contribution < -0.4 is 5.73 Å². The van der Waals surface area contributed by atoms with Crippen LogP contribution >= 0.6 is 0 Å². The highest BCUT2D eigenvalue weighted by atomic mass is 19.4. The minimum Gasteiger partial charge on any atom is -0.383 e. The standard InChI is InChI=1S/C14H13F3N2/c1-9-6-11(13(18)19-8-9)7-10-2-4-12(5-3-10)14(15,16)17/h2-6,8H,7H2,1H3,(H2,18,19). The van der Waals surface area contributed by atoms with Gasteiger partial charge in [0.05, 0.1) is 5.56 Å². The molecule has 0 saturated carbocycles. The quantitative estimate of drug-likeness (QED) is 0.902. The molecule has 0 amide bonds. The lowest BCUT2D eigenvalue weighted by molar-refractivity contribution is -0.137. The van der Waals surface area contributed by atoms with Crippen LogP contribution in [-0.2, 0) is 12.6 Å². The normalized spacial score (nSPS) is 11.6. The third-order valence-corrected chi connectivity index (χ3v) is 2.81. The maximum atomic E-state index is 12.4. The highest BCUT2D eigenvalue weighted by Gasteiger charge is 2.29. The van der Waals surface area contributed by atoms with E-state index in [0.29, 0.717) is 12.2 Å². The molecule has 0 saturated heterocycles. The fraction of sp³-hybridized carbons (Fsp3) is 0.214. The van der Waals surface area contributed by atoms with Crippen molar-refractivity contribution < 1.29 is 13.2 Å². The van der Waals surface area contributed by atoms with Gasteiger partial charge in [0.1, 0.15) is 5.82 Å². The Bertz CT molecular complexity index is 574. The Kier molecular flexibility index (Phi) is 3.46. The Morgan fingerprint density at radius 1 is 1.16 bits per heavy atom. The summed E-state index contributed by atoms with van der Waals surface area (Å²) in [4.78, 5) is 4.03. The van der Waals surface area contributed by atoms with E-state index in [9.17, 15) is 13.2 Å². The molecule has 2 rings (SSSR count). The second kappa shape index (κ2) is 4.91. The Balaban J connectivity index is 2.22. The van der Waals surface area contributed by atoms with Crippen molar-refractivity contribution in [2.45, 2.75) is 19.5 Å².